The van der Waals surface area contributed by atoms with Crippen LogP contribution in [0, 0.1) is 6.92 Å². The lowest BCUT2D eigenvalue weighted by Crippen LogP contribution is -2.50. The summed E-state index contributed by atoms with van der Waals surface area (Å²) in [6.45, 7) is 1.31. The highest BCUT2D eigenvalue weighted by Crippen LogP contribution is 2.42. The molecule has 4 rings (SSSR count). The molecule has 0 radical (unpaired) electrons. The molecule has 2 N–H and O–H groups in total. The predicted molar refractivity (Wildman–Crippen MR) is 133 cm³/mol. The molecule has 2 aromatic carbocycles. The zero-order chi connectivity index (χ0) is 27.0. The number of hydrogen-bond donors (Lipinski definition) is 2. The second kappa shape index (κ2) is 9.84. The van der Waals surface area contributed by atoms with Crippen molar-refractivity contribution in [1.82, 2.24) is 5.32 Å². The lowest BCUT2D eigenvalue weighted by molar-refractivity contribution is -0.138. The molecule has 3 aromatic rings. The van der Waals surface area contributed by atoms with Gasteiger partial charge in [-0.15, -0.1) is 0 Å². The van der Waals surface area contributed by atoms with Crippen molar-refractivity contribution in [2.45, 2.75) is 37.9 Å². The Morgan fingerprint density at radius 3 is 2.27 bits per heavy atom. The molecule has 0 aliphatic heterocycles. The molecule has 1 aliphatic carbocycles. The molecule has 1 fully saturated rings. The zero-order valence-corrected chi connectivity index (χ0v) is 21.0. The first kappa shape index (κ1) is 26.1. The average Bonchev–Trinajstić information content (AvgIpc) is 3.23. The first-order valence-corrected chi connectivity index (χ1v) is 11.7. The molecule has 7 nitrogen and oxygen atoms in total. The number of carbonyl (C=O) groups excluding carboxylic acids is 2. The molecule has 1 heterocycles. The van der Waals surface area contributed by atoms with Gasteiger partial charge in [0.1, 0.15) is 23.3 Å². The lowest BCUT2D eigenvalue weighted by Gasteiger charge is -2.43. The maximum absolute atomic E-state index is 13.2. The number of aryl methyl sites for hydroxylation is 1. The number of benzene rings is 2. The molecule has 1 aromatic heterocycles. The third-order valence-corrected chi connectivity index (χ3v) is 6.69. The summed E-state index contributed by atoms with van der Waals surface area (Å²) >= 11 is 0. The lowest BCUT2D eigenvalue weighted by atomic mass is 9.71. The molecule has 0 unspecified atom stereocenters. The van der Waals surface area contributed by atoms with E-state index in [1.807, 2.05) is 19.0 Å². The van der Waals surface area contributed by atoms with Crippen LogP contribution in [-0.4, -0.2) is 33.0 Å². The first-order valence-electron chi connectivity index (χ1n) is 11.7. The van der Waals surface area contributed by atoms with Gasteiger partial charge in [-0.25, -0.2) is 0 Å². The predicted octanol–water partition coefficient (Wildman–Crippen LogP) is 5.74. The number of methoxy groups -OCH3 is 1. The average molecular weight is 516 g/mol. The maximum Gasteiger partial charge on any atom is 0.420 e. The molecule has 1 saturated carbocycles. The number of hydrogen-bond acceptors (Lipinski definition) is 5. The fraction of sp³-hybridized carbons (Fsp3) is 0.333. The fourth-order valence-corrected chi connectivity index (χ4v) is 4.50. The molecule has 0 saturated heterocycles. The van der Waals surface area contributed by atoms with Gasteiger partial charge in [0.05, 0.1) is 23.9 Å². The Balaban J connectivity index is 1.51. The van der Waals surface area contributed by atoms with Gasteiger partial charge in [0.15, 0.2) is 0 Å². The second-order valence-corrected chi connectivity index (χ2v) is 9.28. The van der Waals surface area contributed by atoms with Gasteiger partial charge in [0, 0.05) is 25.3 Å². The third-order valence-electron chi connectivity index (χ3n) is 6.69. The van der Waals surface area contributed by atoms with Crippen LogP contribution in [0.2, 0.25) is 0 Å². The third kappa shape index (κ3) is 5.14. The number of rotatable bonds is 7. The van der Waals surface area contributed by atoms with Gasteiger partial charge in [0.2, 0.25) is 0 Å². The van der Waals surface area contributed by atoms with Gasteiger partial charge in [-0.2, -0.15) is 13.2 Å². The van der Waals surface area contributed by atoms with Crippen molar-refractivity contribution in [2.75, 3.05) is 31.4 Å². The van der Waals surface area contributed by atoms with Crippen molar-refractivity contribution in [3.63, 3.8) is 0 Å². The van der Waals surface area contributed by atoms with Crippen molar-refractivity contribution in [2.24, 2.45) is 0 Å². The number of alkyl halides is 3. The summed E-state index contributed by atoms with van der Waals surface area (Å²) in [5.74, 6) is -0.592. The van der Waals surface area contributed by atoms with E-state index < -0.39 is 28.7 Å². The van der Waals surface area contributed by atoms with Gasteiger partial charge in [-0.1, -0.05) is 12.1 Å². The van der Waals surface area contributed by atoms with E-state index in [0.717, 1.165) is 30.5 Å². The minimum atomic E-state index is -4.71. The molecule has 1 aliphatic rings. The van der Waals surface area contributed by atoms with Crippen molar-refractivity contribution >= 4 is 23.2 Å². The quantitative estimate of drug-likeness (QED) is 0.419. The topological polar surface area (TPSA) is 83.8 Å². The smallest absolute Gasteiger partial charge is 0.420 e. The molecule has 196 valence electrons. The Morgan fingerprint density at radius 2 is 1.73 bits per heavy atom. The Kier molecular flexibility index (Phi) is 6.94. The summed E-state index contributed by atoms with van der Waals surface area (Å²) in [6, 6.07) is 12.0. The van der Waals surface area contributed by atoms with E-state index in [2.05, 4.69) is 10.6 Å². The van der Waals surface area contributed by atoms with E-state index in [4.69, 9.17) is 9.15 Å². The fourth-order valence-electron chi connectivity index (χ4n) is 4.50. The van der Waals surface area contributed by atoms with E-state index in [9.17, 15) is 22.8 Å². The number of furan rings is 1. The normalized spacial score (nSPS) is 14.5. The molecule has 37 heavy (non-hydrogen) atoms. The Bertz CT molecular complexity index is 1310. The number of carbonyl (C=O) groups is 2. The van der Waals surface area contributed by atoms with Gasteiger partial charge in [0.25, 0.3) is 11.8 Å². The zero-order valence-electron chi connectivity index (χ0n) is 21.0. The summed E-state index contributed by atoms with van der Waals surface area (Å²) in [4.78, 5) is 27.6. The monoisotopic (exact) mass is 515 g/mol. The number of amides is 2. The summed E-state index contributed by atoms with van der Waals surface area (Å²) in [7, 11) is 5.30. The minimum absolute atomic E-state index is 0.117. The van der Waals surface area contributed by atoms with Crippen LogP contribution in [0.15, 0.2) is 53.1 Å². The Morgan fingerprint density at radius 1 is 1.05 bits per heavy atom. The number of halogens is 3. The molecule has 2 amide bonds. The Hall–Kier alpha value is -3.95. The highest BCUT2D eigenvalue weighted by atomic mass is 19.4. The largest absolute Gasteiger partial charge is 0.495 e. The van der Waals surface area contributed by atoms with Gasteiger partial charge < -0.3 is 24.7 Å². The summed E-state index contributed by atoms with van der Waals surface area (Å²) in [5.41, 5.74) is 0.218. The molecule has 0 atom stereocenters. The summed E-state index contributed by atoms with van der Waals surface area (Å²) < 4.78 is 49.9. The van der Waals surface area contributed by atoms with E-state index in [0.29, 0.717) is 23.3 Å². The molecule has 0 bridgehead atoms. The van der Waals surface area contributed by atoms with Gasteiger partial charge in [-0.05, 0) is 62.1 Å². The molecule has 0 spiro atoms. The van der Waals surface area contributed by atoms with E-state index in [1.165, 1.54) is 6.92 Å². The number of nitrogens with one attached hydrogen (secondary N) is 2. The second-order valence-electron chi connectivity index (χ2n) is 9.28. The van der Waals surface area contributed by atoms with Crippen LogP contribution in [0.5, 0.6) is 5.75 Å². The highest BCUT2D eigenvalue weighted by Gasteiger charge is 2.41. The number of anilines is 2. The van der Waals surface area contributed by atoms with Crippen LogP contribution in [0.4, 0.5) is 24.5 Å². The van der Waals surface area contributed by atoms with Crippen LogP contribution < -0.4 is 20.3 Å². The van der Waals surface area contributed by atoms with Crippen molar-refractivity contribution in [1.29, 1.82) is 0 Å². The Labute approximate surface area is 212 Å². The van der Waals surface area contributed by atoms with Crippen molar-refractivity contribution in [3.8, 4) is 5.75 Å². The number of ether oxygens (including phenoxy) is 1. The molecular weight excluding hydrogens is 487 g/mol. The van der Waals surface area contributed by atoms with Crippen LogP contribution in [0.1, 0.15) is 56.9 Å². The summed E-state index contributed by atoms with van der Waals surface area (Å²) in [6.07, 6.45) is -1.75. The van der Waals surface area contributed by atoms with Crippen molar-refractivity contribution in [3.05, 3.63) is 76.7 Å². The van der Waals surface area contributed by atoms with Gasteiger partial charge >= 0.3 is 6.18 Å². The highest BCUT2D eigenvalue weighted by molar-refractivity contribution is 6.06. The van der Waals surface area contributed by atoms with E-state index in [1.54, 1.807) is 49.6 Å². The maximum atomic E-state index is 13.2. The van der Waals surface area contributed by atoms with E-state index in [-0.39, 0.29) is 11.7 Å². The van der Waals surface area contributed by atoms with Gasteiger partial charge in [-0.3, -0.25) is 9.59 Å². The van der Waals surface area contributed by atoms with Crippen molar-refractivity contribution < 1.29 is 31.9 Å². The standard InChI is InChI=1S/C27H28F3N3O4/c1-16-23(20(15-37-16)27(28,29)30)25(35)31-19-9-7-18(8-10-19)26(12-5-13-26)32-24(34)17-6-11-22(36-4)21(14-17)33(2)3/h6-11,14-15H,5,12-13H2,1-4H3,(H,31,35)(H,32,34). The molecular formula is C27H28F3N3O4. The van der Waals surface area contributed by atoms with Crippen LogP contribution >= 0.6 is 0 Å². The van der Waals surface area contributed by atoms with Crippen LogP contribution in [0.3, 0.4) is 0 Å². The minimum Gasteiger partial charge on any atom is -0.495 e. The van der Waals surface area contributed by atoms with Crippen LogP contribution in [0.25, 0.3) is 0 Å². The SMILES string of the molecule is COc1ccc(C(=O)NC2(c3ccc(NC(=O)c4c(C(F)(F)F)coc4C)cc3)CCC2)cc1N(C)C. The first-order chi connectivity index (χ1) is 17.4. The summed E-state index contributed by atoms with van der Waals surface area (Å²) in [5, 5.41) is 5.66. The van der Waals surface area contributed by atoms with Crippen LogP contribution in [-0.2, 0) is 11.7 Å². The molecule has 10 heteroatoms. The van der Waals surface area contributed by atoms with E-state index >= 15 is 0 Å². The number of nitrogens with zero attached hydrogens (tertiary/aromatic N) is 1.